The van der Waals surface area contributed by atoms with Crippen molar-refractivity contribution in [1.29, 1.82) is 0 Å². The Morgan fingerprint density at radius 1 is 1.00 bits per heavy atom. The van der Waals surface area contributed by atoms with Gasteiger partial charge in [-0.1, -0.05) is 12.8 Å². The van der Waals surface area contributed by atoms with Crippen molar-refractivity contribution < 1.29 is 27.9 Å². The highest BCUT2D eigenvalue weighted by Crippen LogP contribution is 2.40. The monoisotopic (exact) mass is 428 g/mol. The molecule has 2 aliphatic heterocycles. The van der Waals surface area contributed by atoms with Crippen molar-refractivity contribution in [3.8, 4) is 0 Å². The summed E-state index contributed by atoms with van der Waals surface area (Å²) in [4.78, 5) is 35.0. The Kier molecular flexibility index (Phi) is 6.82. The number of alkyl halides is 3. The number of carbonyl (C=O) groups is 2. The molecule has 166 valence electrons. The van der Waals surface area contributed by atoms with Crippen molar-refractivity contribution in [3.63, 3.8) is 0 Å². The van der Waals surface area contributed by atoms with Gasteiger partial charge in [0.25, 0.3) is 0 Å². The average Bonchev–Trinajstić information content (AvgIpc) is 3.39. The molecule has 30 heavy (non-hydrogen) atoms. The first kappa shape index (κ1) is 22.3. The van der Waals surface area contributed by atoms with Gasteiger partial charge < -0.3 is 14.9 Å². The number of piperidine rings is 1. The van der Waals surface area contributed by atoms with Crippen LogP contribution < -0.4 is 4.90 Å². The third-order valence-electron chi connectivity index (χ3n) is 6.34. The summed E-state index contributed by atoms with van der Waals surface area (Å²) >= 11 is 0. The number of hydrogen-bond acceptors (Lipinski definition) is 5. The molecule has 1 aromatic rings. The van der Waals surface area contributed by atoms with E-state index in [-0.39, 0.29) is 5.54 Å². The van der Waals surface area contributed by atoms with Gasteiger partial charge in [0, 0.05) is 43.5 Å². The van der Waals surface area contributed by atoms with Gasteiger partial charge in [0.2, 0.25) is 11.9 Å². The van der Waals surface area contributed by atoms with Gasteiger partial charge in [-0.05, 0) is 44.6 Å². The second kappa shape index (κ2) is 9.18. The van der Waals surface area contributed by atoms with Crippen molar-refractivity contribution in [2.24, 2.45) is 5.92 Å². The Bertz CT molecular complexity index is 731. The number of nitrogens with zero attached hydrogens (tertiary/aromatic N) is 4. The van der Waals surface area contributed by atoms with Crippen molar-refractivity contribution in [2.75, 3.05) is 24.5 Å². The standard InChI is InChI=1S/C18H26N4O.C2HF3O2/c23-16(15-5-1-2-6-15)21-13-8-18(9-14-21)7-3-12-22(18)17-19-10-4-11-20-17;3-2(4,5)1(6)7/h4,10-11,15H,1-3,5-9,12-14H2;(H,6,7). The Morgan fingerprint density at radius 2 is 1.57 bits per heavy atom. The van der Waals surface area contributed by atoms with Crippen molar-refractivity contribution in [2.45, 2.75) is 63.1 Å². The lowest BCUT2D eigenvalue weighted by Crippen LogP contribution is -2.54. The quantitative estimate of drug-likeness (QED) is 0.778. The smallest absolute Gasteiger partial charge is 0.475 e. The molecule has 3 fully saturated rings. The topological polar surface area (TPSA) is 86.6 Å². The Morgan fingerprint density at radius 3 is 2.10 bits per heavy atom. The molecule has 1 spiro atoms. The van der Waals surface area contributed by atoms with E-state index in [0.717, 1.165) is 51.3 Å². The summed E-state index contributed by atoms with van der Waals surface area (Å²) in [5.74, 6) is -1.17. The summed E-state index contributed by atoms with van der Waals surface area (Å²) in [6, 6.07) is 1.87. The molecule has 1 aliphatic carbocycles. The highest BCUT2D eigenvalue weighted by atomic mass is 19.4. The van der Waals surface area contributed by atoms with Crippen LogP contribution in [0.3, 0.4) is 0 Å². The zero-order valence-electron chi connectivity index (χ0n) is 16.8. The molecule has 10 heteroatoms. The first-order chi connectivity index (χ1) is 14.2. The molecule has 2 saturated heterocycles. The number of aromatic nitrogens is 2. The average molecular weight is 428 g/mol. The van der Waals surface area contributed by atoms with Gasteiger partial charge in [-0.2, -0.15) is 13.2 Å². The number of anilines is 1. The minimum atomic E-state index is -5.08. The number of hydrogen-bond donors (Lipinski definition) is 1. The van der Waals surface area contributed by atoms with E-state index in [4.69, 9.17) is 9.90 Å². The van der Waals surface area contributed by atoms with Crippen LogP contribution in [0.25, 0.3) is 0 Å². The molecule has 0 unspecified atom stereocenters. The zero-order valence-corrected chi connectivity index (χ0v) is 16.8. The number of rotatable bonds is 2. The molecule has 1 saturated carbocycles. The van der Waals surface area contributed by atoms with Crippen LogP contribution in [-0.4, -0.2) is 63.2 Å². The van der Waals surface area contributed by atoms with Gasteiger partial charge in [0.15, 0.2) is 0 Å². The van der Waals surface area contributed by atoms with Gasteiger partial charge in [-0.3, -0.25) is 4.79 Å². The number of carbonyl (C=O) groups excluding carboxylic acids is 1. The second-order valence-electron chi connectivity index (χ2n) is 8.14. The van der Waals surface area contributed by atoms with E-state index >= 15 is 0 Å². The van der Waals surface area contributed by atoms with E-state index in [1.165, 1.54) is 25.7 Å². The van der Waals surface area contributed by atoms with Crippen LogP contribution in [0.4, 0.5) is 19.1 Å². The van der Waals surface area contributed by atoms with Crippen LogP contribution in [0.15, 0.2) is 18.5 Å². The Labute approximate surface area is 173 Å². The lowest BCUT2D eigenvalue weighted by atomic mass is 9.84. The highest BCUT2D eigenvalue weighted by molar-refractivity contribution is 5.79. The summed E-state index contributed by atoms with van der Waals surface area (Å²) in [5.41, 5.74) is 0.174. The van der Waals surface area contributed by atoms with Gasteiger partial charge in [0.1, 0.15) is 0 Å². The van der Waals surface area contributed by atoms with E-state index in [9.17, 15) is 18.0 Å². The van der Waals surface area contributed by atoms with Gasteiger partial charge in [-0.25, -0.2) is 14.8 Å². The molecule has 3 aliphatic rings. The molecular formula is C20H27F3N4O3. The molecule has 0 atom stereocenters. The van der Waals surface area contributed by atoms with Crippen molar-refractivity contribution in [3.05, 3.63) is 18.5 Å². The Hall–Kier alpha value is -2.39. The van der Waals surface area contributed by atoms with Crippen LogP contribution in [0.1, 0.15) is 51.4 Å². The molecule has 1 N–H and O–H groups in total. The molecule has 0 radical (unpaired) electrons. The van der Waals surface area contributed by atoms with Crippen molar-refractivity contribution >= 4 is 17.8 Å². The van der Waals surface area contributed by atoms with E-state index in [1.807, 2.05) is 18.5 Å². The van der Waals surface area contributed by atoms with Crippen LogP contribution in [0.2, 0.25) is 0 Å². The Balaban J connectivity index is 0.000000318. The summed E-state index contributed by atoms with van der Waals surface area (Å²) in [6.45, 7) is 2.85. The lowest BCUT2D eigenvalue weighted by molar-refractivity contribution is -0.192. The largest absolute Gasteiger partial charge is 0.490 e. The zero-order chi connectivity index (χ0) is 21.8. The molecule has 3 heterocycles. The molecule has 0 bridgehead atoms. The minimum Gasteiger partial charge on any atom is -0.475 e. The predicted octanol–water partition coefficient (Wildman–Crippen LogP) is 3.26. The number of carboxylic acid groups (broad SMARTS) is 1. The molecule has 4 rings (SSSR count). The summed E-state index contributed by atoms with van der Waals surface area (Å²) in [5, 5.41) is 7.12. The summed E-state index contributed by atoms with van der Waals surface area (Å²) < 4.78 is 31.7. The van der Waals surface area contributed by atoms with Crippen LogP contribution in [0, 0.1) is 5.92 Å². The first-order valence-corrected chi connectivity index (χ1v) is 10.4. The molecule has 7 nitrogen and oxygen atoms in total. The maximum absolute atomic E-state index is 12.6. The molecular weight excluding hydrogens is 401 g/mol. The van der Waals surface area contributed by atoms with Gasteiger partial charge in [0.05, 0.1) is 0 Å². The van der Waals surface area contributed by atoms with Crippen LogP contribution in [-0.2, 0) is 9.59 Å². The maximum atomic E-state index is 12.6. The van der Waals surface area contributed by atoms with Gasteiger partial charge in [-0.15, -0.1) is 0 Å². The second-order valence-corrected chi connectivity index (χ2v) is 8.14. The van der Waals surface area contributed by atoms with E-state index in [1.54, 1.807) is 0 Å². The fourth-order valence-electron chi connectivity index (χ4n) is 4.78. The lowest BCUT2D eigenvalue weighted by Gasteiger charge is -2.45. The third-order valence-corrected chi connectivity index (χ3v) is 6.34. The molecule has 0 aromatic carbocycles. The molecule has 1 amide bonds. The summed E-state index contributed by atoms with van der Waals surface area (Å²) in [6.07, 6.45) is 7.76. The highest BCUT2D eigenvalue weighted by Gasteiger charge is 2.45. The fraction of sp³-hybridized carbons (Fsp3) is 0.700. The molecule has 1 aromatic heterocycles. The maximum Gasteiger partial charge on any atom is 0.490 e. The van der Waals surface area contributed by atoms with E-state index in [2.05, 4.69) is 19.8 Å². The van der Waals surface area contributed by atoms with Gasteiger partial charge >= 0.3 is 12.1 Å². The third kappa shape index (κ3) is 5.02. The van der Waals surface area contributed by atoms with Crippen molar-refractivity contribution in [1.82, 2.24) is 14.9 Å². The predicted molar refractivity (Wildman–Crippen MR) is 103 cm³/mol. The number of aliphatic carboxylic acids is 1. The van der Waals surface area contributed by atoms with Crippen LogP contribution in [0.5, 0.6) is 0 Å². The number of likely N-dealkylation sites (tertiary alicyclic amines) is 1. The number of amides is 1. The van der Waals surface area contributed by atoms with E-state index in [0.29, 0.717) is 11.8 Å². The number of carboxylic acids is 1. The SMILES string of the molecule is O=C(C1CCCC1)N1CCC2(CCCN2c2ncccn2)CC1.O=C(O)C(F)(F)F. The number of halogens is 3. The summed E-state index contributed by atoms with van der Waals surface area (Å²) in [7, 11) is 0. The normalized spacial score (nSPS) is 21.4. The minimum absolute atomic E-state index is 0.174. The van der Waals surface area contributed by atoms with E-state index < -0.39 is 12.1 Å². The van der Waals surface area contributed by atoms with Crippen LogP contribution >= 0.6 is 0 Å². The fourth-order valence-corrected chi connectivity index (χ4v) is 4.78. The first-order valence-electron chi connectivity index (χ1n) is 10.4.